The molecule has 4 aromatic carbocycles. The lowest BCUT2D eigenvalue weighted by Crippen LogP contribution is -2.13. The molecule has 0 saturated heterocycles. The van der Waals surface area contributed by atoms with E-state index in [0.717, 1.165) is 20.4 Å². The van der Waals surface area contributed by atoms with Gasteiger partial charge in [-0.15, -0.1) is 0 Å². The number of nitrogens with zero attached hydrogens (tertiary/aromatic N) is 4. The van der Waals surface area contributed by atoms with Crippen molar-refractivity contribution >= 4 is 66.9 Å². The molecule has 6 aromatic rings. The van der Waals surface area contributed by atoms with Gasteiger partial charge in [-0.1, -0.05) is 22.7 Å². The van der Waals surface area contributed by atoms with E-state index in [1.54, 1.807) is 108 Å². The molecule has 13 heteroatoms. The summed E-state index contributed by atoms with van der Waals surface area (Å²) in [4.78, 5) is 59.2. The molecule has 0 aliphatic rings. The van der Waals surface area contributed by atoms with Crippen LogP contribution in [0, 0.1) is 0 Å². The molecule has 2 aromatic heterocycles. The molecule has 236 valence electrons. The van der Waals surface area contributed by atoms with Gasteiger partial charge in [0.1, 0.15) is 11.5 Å². The minimum absolute atomic E-state index is 0.378. The summed E-state index contributed by atoms with van der Waals surface area (Å²) in [5, 5.41) is 0. The van der Waals surface area contributed by atoms with Crippen LogP contribution in [0.3, 0.4) is 0 Å². The van der Waals surface area contributed by atoms with Crippen molar-refractivity contribution in [2.45, 2.75) is 0 Å². The van der Waals surface area contributed by atoms with Crippen LogP contribution in [-0.2, 0) is 23.6 Å². The number of rotatable bonds is 6. The van der Waals surface area contributed by atoms with Crippen molar-refractivity contribution in [3.05, 3.63) is 117 Å². The summed E-state index contributed by atoms with van der Waals surface area (Å²) in [5.74, 6) is -0.719. The summed E-state index contributed by atoms with van der Waals surface area (Å²) in [6.45, 7) is 0. The Hall–Kier alpha value is -5.66. The van der Waals surface area contributed by atoms with Crippen LogP contribution in [0.15, 0.2) is 94.9 Å². The molecule has 0 aliphatic heterocycles. The summed E-state index contributed by atoms with van der Waals surface area (Å²) in [7, 11) is 6.26. The van der Waals surface area contributed by atoms with Gasteiger partial charge in [-0.05, 0) is 84.9 Å². The SMILES string of the molecule is COC(=O)c1ccc2c(c1)sc(=NC(=O)c1ccc(Oc3ccc(C(=O)N=c4sc5cc(C(=O)OC)ccc5n4C)cc3)cc1)n2C. The number of hydrogen-bond donors (Lipinski definition) is 0. The summed E-state index contributed by atoms with van der Waals surface area (Å²) in [6.07, 6.45) is 0. The maximum absolute atomic E-state index is 12.9. The summed E-state index contributed by atoms with van der Waals surface area (Å²) in [5.41, 5.74) is 3.27. The van der Waals surface area contributed by atoms with Crippen molar-refractivity contribution in [3.8, 4) is 11.5 Å². The van der Waals surface area contributed by atoms with Crippen LogP contribution in [0.5, 0.6) is 11.5 Å². The van der Waals surface area contributed by atoms with Crippen molar-refractivity contribution < 1.29 is 33.4 Å². The molecule has 0 atom stereocenters. The number of ether oxygens (including phenoxy) is 3. The van der Waals surface area contributed by atoms with Crippen LogP contribution in [-0.4, -0.2) is 47.1 Å². The molecule has 0 fully saturated rings. The standard InChI is InChI=1S/C34H26N4O7S2/c1-37-25-15-9-21(31(41)43-3)17-27(25)46-33(37)35-29(39)19-5-11-23(12-6-19)45-24-13-7-20(8-14-24)30(40)36-34-38(2)26-16-10-22(32(42)44-4)18-28(26)47-34/h5-18H,1-4H3. The Morgan fingerprint density at radius 2 is 0.915 bits per heavy atom. The molecule has 2 heterocycles. The Bertz CT molecular complexity index is 2180. The maximum Gasteiger partial charge on any atom is 0.337 e. The van der Waals surface area contributed by atoms with Gasteiger partial charge >= 0.3 is 11.9 Å². The Balaban J connectivity index is 1.14. The number of amides is 2. The van der Waals surface area contributed by atoms with E-state index in [-0.39, 0.29) is 0 Å². The number of aryl methyl sites for hydroxylation is 2. The van der Waals surface area contributed by atoms with Crippen LogP contribution < -0.4 is 14.3 Å². The Morgan fingerprint density at radius 3 is 1.28 bits per heavy atom. The number of carbonyl (C=O) groups is 4. The molecule has 2 amide bonds. The fraction of sp³-hybridized carbons (Fsp3) is 0.118. The first-order chi connectivity index (χ1) is 22.6. The summed E-state index contributed by atoms with van der Waals surface area (Å²) in [6, 6.07) is 23.5. The lowest BCUT2D eigenvalue weighted by Gasteiger charge is -2.06. The van der Waals surface area contributed by atoms with Crippen LogP contribution in [0.4, 0.5) is 0 Å². The lowest BCUT2D eigenvalue weighted by molar-refractivity contribution is 0.0592. The van der Waals surface area contributed by atoms with E-state index in [4.69, 9.17) is 14.2 Å². The molecular weight excluding hydrogens is 641 g/mol. The third kappa shape index (κ3) is 6.39. The number of fused-ring (bicyclic) bond motifs is 2. The first-order valence-electron chi connectivity index (χ1n) is 14.1. The Kier molecular flexibility index (Phi) is 8.66. The van der Waals surface area contributed by atoms with Gasteiger partial charge in [0.15, 0.2) is 9.60 Å². The number of esters is 2. The second-order valence-corrected chi connectivity index (χ2v) is 12.2. The molecule has 0 unspecified atom stereocenters. The van der Waals surface area contributed by atoms with E-state index in [2.05, 4.69) is 9.98 Å². The second-order valence-electron chi connectivity index (χ2n) is 10.2. The highest BCUT2D eigenvalue weighted by Crippen LogP contribution is 2.24. The molecular formula is C34H26N4O7S2. The van der Waals surface area contributed by atoms with E-state index >= 15 is 0 Å². The minimum Gasteiger partial charge on any atom is -0.465 e. The highest BCUT2D eigenvalue weighted by Gasteiger charge is 2.13. The van der Waals surface area contributed by atoms with E-state index in [0.29, 0.717) is 43.4 Å². The number of aromatic nitrogens is 2. The monoisotopic (exact) mass is 666 g/mol. The van der Waals surface area contributed by atoms with Gasteiger partial charge in [0, 0.05) is 25.2 Å². The van der Waals surface area contributed by atoms with Crippen molar-refractivity contribution in [2.75, 3.05) is 14.2 Å². The highest BCUT2D eigenvalue weighted by molar-refractivity contribution is 7.16. The first-order valence-corrected chi connectivity index (χ1v) is 15.7. The fourth-order valence-electron chi connectivity index (χ4n) is 4.74. The molecule has 0 aliphatic carbocycles. The summed E-state index contributed by atoms with van der Waals surface area (Å²) < 4.78 is 20.7. The number of carbonyl (C=O) groups excluding carboxylic acids is 4. The maximum atomic E-state index is 12.9. The van der Waals surface area contributed by atoms with Crippen molar-refractivity contribution in [3.63, 3.8) is 0 Å². The topological polar surface area (TPSA) is 131 Å². The third-order valence-electron chi connectivity index (χ3n) is 7.29. The molecule has 0 N–H and O–H groups in total. The number of methoxy groups -OCH3 is 2. The van der Waals surface area contributed by atoms with Crippen LogP contribution in [0.25, 0.3) is 20.4 Å². The molecule has 11 nitrogen and oxygen atoms in total. The molecule has 47 heavy (non-hydrogen) atoms. The second kappa shape index (κ2) is 13.0. The van der Waals surface area contributed by atoms with Crippen molar-refractivity contribution in [1.29, 1.82) is 0 Å². The third-order valence-corrected chi connectivity index (χ3v) is 9.48. The average Bonchev–Trinajstić information content (AvgIpc) is 3.57. The van der Waals surface area contributed by atoms with Crippen molar-refractivity contribution in [1.82, 2.24) is 9.13 Å². The molecule has 0 spiro atoms. The fourth-order valence-corrected chi connectivity index (χ4v) is 6.85. The number of thiazole rings is 2. The van der Waals surface area contributed by atoms with E-state index in [9.17, 15) is 19.2 Å². The zero-order chi connectivity index (χ0) is 33.2. The van der Waals surface area contributed by atoms with Gasteiger partial charge in [-0.3, -0.25) is 9.59 Å². The van der Waals surface area contributed by atoms with Gasteiger partial charge in [0.25, 0.3) is 11.8 Å². The average molecular weight is 667 g/mol. The van der Waals surface area contributed by atoms with Crippen LogP contribution in [0.1, 0.15) is 41.4 Å². The van der Waals surface area contributed by atoms with Gasteiger partial charge in [0.05, 0.1) is 45.8 Å². The minimum atomic E-state index is -0.435. The van der Waals surface area contributed by atoms with Gasteiger partial charge < -0.3 is 23.3 Å². The van der Waals surface area contributed by atoms with Gasteiger partial charge in [-0.25, -0.2) is 9.59 Å². The molecule has 0 saturated carbocycles. The van der Waals surface area contributed by atoms with Crippen molar-refractivity contribution in [2.24, 2.45) is 24.1 Å². The largest absolute Gasteiger partial charge is 0.465 e. The number of hydrogen-bond acceptors (Lipinski definition) is 9. The Labute approximate surface area is 275 Å². The predicted molar refractivity (Wildman–Crippen MR) is 177 cm³/mol. The number of benzene rings is 4. The van der Waals surface area contributed by atoms with Crippen LogP contribution >= 0.6 is 22.7 Å². The van der Waals surface area contributed by atoms with E-state index in [1.807, 2.05) is 0 Å². The zero-order valence-electron chi connectivity index (χ0n) is 25.5. The quantitative estimate of drug-likeness (QED) is 0.210. The Morgan fingerprint density at radius 1 is 0.553 bits per heavy atom. The van der Waals surface area contributed by atoms with Gasteiger partial charge in [0.2, 0.25) is 0 Å². The van der Waals surface area contributed by atoms with Crippen LogP contribution in [0.2, 0.25) is 0 Å². The predicted octanol–water partition coefficient (Wildman–Crippen LogP) is 5.64. The van der Waals surface area contributed by atoms with Gasteiger partial charge in [-0.2, -0.15) is 9.98 Å². The molecule has 0 radical (unpaired) electrons. The van der Waals surface area contributed by atoms with E-state index in [1.165, 1.54) is 36.9 Å². The zero-order valence-corrected chi connectivity index (χ0v) is 27.2. The lowest BCUT2D eigenvalue weighted by atomic mass is 10.2. The smallest absolute Gasteiger partial charge is 0.337 e. The highest BCUT2D eigenvalue weighted by atomic mass is 32.1. The molecule has 6 rings (SSSR count). The summed E-state index contributed by atoms with van der Waals surface area (Å²) >= 11 is 2.59. The normalized spacial score (nSPS) is 12.0. The van der Waals surface area contributed by atoms with E-state index < -0.39 is 23.8 Å². The molecule has 0 bridgehead atoms. The first kappa shape index (κ1) is 31.3.